The van der Waals surface area contributed by atoms with Gasteiger partial charge in [-0.25, -0.2) is 20.0 Å². The third-order valence-electron chi connectivity index (χ3n) is 5.98. The highest BCUT2D eigenvalue weighted by Gasteiger charge is 2.18. The highest BCUT2D eigenvalue weighted by atomic mass is 32.3. The van der Waals surface area contributed by atoms with Crippen LogP contribution in [0.15, 0.2) is 67.1 Å². The normalized spacial score (nSPS) is 12.7. The number of aryl methyl sites for hydroxylation is 1. The van der Waals surface area contributed by atoms with Crippen molar-refractivity contribution in [3.05, 3.63) is 83.8 Å². The lowest BCUT2D eigenvalue weighted by Crippen LogP contribution is -2.03. The van der Waals surface area contributed by atoms with Gasteiger partial charge in [-0.3, -0.25) is 0 Å². The first-order valence-corrected chi connectivity index (χ1v) is 14.4. The number of nitrogens with zero attached hydrogens (tertiary/aromatic N) is 5. The van der Waals surface area contributed by atoms with Crippen LogP contribution in [-0.4, -0.2) is 39.1 Å². The molecule has 2 aromatic carbocycles. The molecule has 0 aliphatic rings. The molecule has 0 saturated heterocycles. The van der Waals surface area contributed by atoms with Crippen LogP contribution in [0.5, 0.6) is 0 Å². The van der Waals surface area contributed by atoms with E-state index in [0.717, 1.165) is 46.4 Å². The van der Waals surface area contributed by atoms with E-state index < -0.39 is 15.9 Å². The summed E-state index contributed by atoms with van der Waals surface area (Å²) in [5, 5.41) is 20.5. The minimum Gasteiger partial charge on any atom is -0.332 e. The maximum absolute atomic E-state index is 9.96. The van der Waals surface area contributed by atoms with Crippen LogP contribution in [0.4, 0.5) is 0 Å². The van der Waals surface area contributed by atoms with Crippen molar-refractivity contribution in [1.82, 2.24) is 14.5 Å². The standard InChI is InChI=1S/C28H29N5S/c1-34(2,3)16-7-6-14-33-15-13-25-27(31-20-32-28(25)33)22-11-8-10-21(17-22)26(19-30)24-12-5-4-9-23(24)18-29/h4-5,8-13,15,17,20,26H,6-7,14,16H2,1-3H3. The molecule has 5 nitrogen and oxygen atoms in total. The number of rotatable bonds is 8. The molecule has 0 saturated carbocycles. The molecule has 34 heavy (non-hydrogen) atoms. The Kier molecular flexibility index (Phi) is 7.01. The van der Waals surface area contributed by atoms with Crippen molar-refractivity contribution in [3.63, 3.8) is 0 Å². The van der Waals surface area contributed by atoms with Gasteiger partial charge in [0.2, 0.25) is 0 Å². The monoisotopic (exact) mass is 467 g/mol. The molecule has 1 atom stereocenters. The van der Waals surface area contributed by atoms with Gasteiger partial charge < -0.3 is 4.57 Å². The minimum absolute atomic E-state index is 0.464. The molecule has 0 aliphatic carbocycles. The Balaban J connectivity index is 1.64. The Morgan fingerprint density at radius 1 is 0.971 bits per heavy atom. The molecule has 0 spiro atoms. The Morgan fingerprint density at radius 2 is 1.79 bits per heavy atom. The number of aromatic nitrogens is 3. The van der Waals surface area contributed by atoms with Crippen molar-refractivity contribution in [2.45, 2.75) is 25.3 Å². The van der Waals surface area contributed by atoms with Crippen LogP contribution in [0.1, 0.15) is 35.4 Å². The van der Waals surface area contributed by atoms with E-state index in [1.54, 1.807) is 12.4 Å². The zero-order valence-electron chi connectivity index (χ0n) is 19.9. The summed E-state index contributed by atoms with van der Waals surface area (Å²) in [6.45, 7) is 0.941. The van der Waals surface area contributed by atoms with Crippen LogP contribution in [0.3, 0.4) is 0 Å². The largest absolute Gasteiger partial charge is 0.332 e. The second kappa shape index (κ2) is 10.1. The van der Waals surface area contributed by atoms with E-state index in [0.29, 0.717) is 5.56 Å². The minimum atomic E-state index is -0.525. The van der Waals surface area contributed by atoms with Crippen LogP contribution >= 0.6 is 10.0 Å². The van der Waals surface area contributed by atoms with Gasteiger partial charge in [-0.05, 0) is 66.7 Å². The predicted molar refractivity (Wildman–Crippen MR) is 141 cm³/mol. The molecule has 6 heteroatoms. The molecule has 0 N–H and O–H groups in total. The predicted octanol–water partition coefficient (Wildman–Crippen LogP) is 6.10. The zero-order chi connectivity index (χ0) is 24.1. The topological polar surface area (TPSA) is 78.3 Å². The van der Waals surface area contributed by atoms with Gasteiger partial charge in [-0.1, -0.05) is 36.4 Å². The Morgan fingerprint density at radius 3 is 2.56 bits per heavy atom. The molecule has 2 aromatic heterocycles. The number of unbranched alkanes of at least 4 members (excludes halogenated alkanes) is 1. The Labute approximate surface area is 203 Å². The maximum Gasteiger partial charge on any atom is 0.143 e. The molecule has 0 bridgehead atoms. The van der Waals surface area contributed by atoms with Gasteiger partial charge in [0.25, 0.3) is 0 Å². The second-order valence-electron chi connectivity index (χ2n) is 9.36. The van der Waals surface area contributed by atoms with Crippen molar-refractivity contribution in [1.29, 1.82) is 10.5 Å². The molecule has 1 unspecified atom stereocenters. The van der Waals surface area contributed by atoms with Crippen molar-refractivity contribution >= 4 is 21.1 Å². The smallest absolute Gasteiger partial charge is 0.143 e. The van der Waals surface area contributed by atoms with Gasteiger partial charge >= 0.3 is 0 Å². The van der Waals surface area contributed by atoms with Gasteiger partial charge in [-0.15, -0.1) is 0 Å². The van der Waals surface area contributed by atoms with Crippen molar-refractivity contribution in [2.75, 3.05) is 24.5 Å². The highest BCUT2D eigenvalue weighted by Crippen LogP contribution is 2.36. The first-order valence-electron chi connectivity index (χ1n) is 11.4. The lowest BCUT2D eigenvalue weighted by Gasteiger charge is -2.24. The third-order valence-corrected chi connectivity index (χ3v) is 7.49. The first kappa shape index (κ1) is 23.5. The summed E-state index contributed by atoms with van der Waals surface area (Å²) in [7, 11) is -0.464. The molecule has 4 aromatic rings. The summed E-state index contributed by atoms with van der Waals surface area (Å²) in [6, 6.07) is 21.9. The fourth-order valence-electron chi connectivity index (χ4n) is 4.27. The highest BCUT2D eigenvalue weighted by molar-refractivity contribution is 8.32. The molecular formula is C28H29N5S. The van der Waals surface area contributed by atoms with Gasteiger partial charge in [0, 0.05) is 23.7 Å². The molecular weight excluding hydrogens is 438 g/mol. The van der Waals surface area contributed by atoms with Gasteiger partial charge in [0.05, 0.1) is 29.3 Å². The number of hydrogen-bond donors (Lipinski definition) is 0. The summed E-state index contributed by atoms with van der Waals surface area (Å²) < 4.78 is 2.21. The molecule has 0 amide bonds. The van der Waals surface area contributed by atoms with E-state index in [1.165, 1.54) is 12.2 Å². The van der Waals surface area contributed by atoms with Gasteiger partial charge in [0.15, 0.2) is 0 Å². The number of nitriles is 2. The van der Waals surface area contributed by atoms with Crippen LogP contribution in [0, 0.1) is 22.7 Å². The number of fused-ring (bicyclic) bond motifs is 1. The summed E-state index contributed by atoms with van der Waals surface area (Å²) in [5.41, 5.74) is 4.82. The molecule has 2 heterocycles. The fraction of sp³-hybridized carbons (Fsp3) is 0.286. The summed E-state index contributed by atoms with van der Waals surface area (Å²) in [5.74, 6) is 0.761. The van der Waals surface area contributed by atoms with E-state index in [-0.39, 0.29) is 0 Å². The fourth-order valence-corrected chi connectivity index (χ4v) is 5.34. The van der Waals surface area contributed by atoms with E-state index in [1.807, 2.05) is 42.5 Å². The van der Waals surface area contributed by atoms with Gasteiger partial charge in [-0.2, -0.15) is 10.5 Å². The van der Waals surface area contributed by atoms with E-state index in [2.05, 4.69) is 57.7 Å². The van der Waals surface area contributed by atoms with E-state index in [4.69, 9.17) is 0 Å². The summed E-state index contributed by atoms with van der Waals surface area (Å²) in [6.07, 6.45) is 13.2. The second-order valence-corrected chi connectivity index (χ2v) is 13.9. The number of benzene rings is 2. The molecule has 4 rings (SSSR count). The number of hydrogen-bond acceptors (Lipinski definition) is 4. The van der Waals surface area contributed by atoms with E-state index in [9.17, 15) is 10.5 Å². The first-order chi connectivity index (χ1) is 16.4. The summed E-state index contributed by atoms with van der Waals surface area (Å²) >= 11 is 0. The van der Waals surface area contributed by atoms with Gasteiger partial charge in [0.1, 0.15) is 12.0 Å². The van der Waals surface area contributed by atoms with Crippen molar-refractivity contribution in [3.8, 4) is 23.4 Å². The van der Waals surface area contributed by atoms with Crippen LogP contribution in [0.2, 0.25) is 0 Å². The van der Waals surface area contributed by atoms with Crippen LogP contribution < -0.4 is 0 Å². The average Bonchev–Trinajstić information content (AvgIpc) is 3.25. The van der Waals surface area contributed by atoms with Crippen molar-refractivity contribution < 1.29 is 0 Å². The molecule has 0 fully saturated rings. The van der Waals surface area contributed by atoms with Crippen molar-refractivity contribution in [2.24, 2.45) is 0 Å². The van der Waals surface area contributed by atoms with Crippen LogP contribution in [0.25, 0.3) is 22.3 Å². The SMILES string of the molecule is CS(C)(C)CCCCn1ccc2c(-c3cccc(C(C#N)c4ccccc4C#N)c3)ncnc21. The molecule has 0 radical (unpaired) electrons. The summed E-state index contributed by atoms with van der Waals surface area (Å²) in [4.78, 5) is 9.16. The zero-order valence-corrected chi connectivity index (χ0v) is 20.7. The lowest BCUT2D eigenvalue weighted by atomic mass is 9.88. The Hall–Kier alpha value is -3.61. The van der Waals surface area contributed by atoms with Crippen LogP contribution in [-0.2, 0) is 6.54 Å². The third kappa shape index (κ3) is 5.14. The quantitative estimate of drug-likeness (QED) is 0.293. The Bertz CT molecular complexity index is 1380. The molecule has 172 valence electrons. The average molecular weight is 468 g/mol. The van der Waals surface area contributed by atoms with E-state index >= 15 is 0 Å². The molecule has 0 aliphatic heterocycles. The maximum atomic E-state index is 9.96. The lowest BCUT2D eigenvalue weighted by molar-refractivity contribution is 0.648.